The third kappa shape index (κ3) is 5.96. The first kappa shape index (κ1) is 35.7. The van der Waals surface area contributed by atoms with Crippen LogP contribution in [0.15, 0.2) is 241 Å². The summed E-state index contributed by atoms with van der Waals surface area (Å²) < 4.78 is 6.98. The van der Waals surface area contributed by atoms with Crippen molar-refractivity contribution in [3.8, 4) is 44.5 Å². The van der Waals surface area contributed by atoms with Crippen molar-refractivity contribution in [2.24, 2.45) is 0 Å². The molecule has 2 heteroatoms. The summed E-state index contributed by atoms with van der Waals surface area (Å²) in [5, 5.41) is 9.51. The molecule has 0 spiro atoms. The number of para-hydroxylation sites is 2. The van der Waals surface area contributed by atoms with Crippen molar-refractivity contribution in [1.29, 1.82) is 0 Å². The maximum Gasteiger partial charge on any atom is 0.145 e. The summed E-state index contributed by atoms with van der Waals surface area (Å²) >= 11 is 0. The Bertz CT molecular complexity index is 3650. The van der Waals surface area contributed by atoms with Crippen LogP contribution in [0.25, 0.3) is 98.8 Å². The van der Waals surface area contributed by atoms with Crippen LogP contribution in [0.1, 0.15) is 0 Å². The van der Waals surface area contributed by atoms with Gasteiger partial charge in [-0.25, -0.2) is 0 Å². The standard InChI is InChI=1S/C60H39NO/c1-2-17-40(18-3-1)42-22-14-23-43(37-42)49-28-10-12-33-56(49)61(46-25-15-24-44(38-46)55-39-45-20-5-7-27-48(45)50-29-8-9-30-52(50)55)57-36-35-53(51-32-16-21-41-19-4-6-26-47(41)51)60-59(57)54-31-11-13-34-58(54)62-60/h1-39H. The molecular formula is C60H39NO. The van der Waals surface area contributed by atoms with E-state index < -0.39 is 0 Å². The van der Waals surface area contributed by atoms with Crippen LogP contribution in [0, 0.1) is 0 Å². The topological polar surface area (TPSA) is 16.4 Å². The highest BCUT2D eigenvalue weighted by molar-refractivity contribution is 6.19. The van der Waals surface area contributed by atoms with Crippen LogP contribution in [0.3, 0.4) is 0 Å². The molecule has 62 heavy (non-hydrogen) atoms. The number of fused-ring (bicyclic) bond motifs is 7. The normalized spacial score (nSPS) is 11.5. The second kappa shape index (κ2) is 14.8. The molecular weight excluding hydrogens is 751 g/mol. The summed E-state index contributed by atoms with van der Waals surface area (Å²) in [5.74, 6) is 0. The van der Waals surface area contributed by atoms with E-state index in [-0.39, 0.29) is 0 Å². The highest BCUT2D eigenvalue weighted by Crippen LogP contribution is 2.50. The van der Waals surface area contributed by atoms with Crippen molar-refractivity contribution >= 4 is 71.3 Å². The van der Waals surface area contributed by atoms with Gasteiger partial charge in [-0.1, -0.05) is 188 Å². The number of rotatable bonds is 7. The molecule has 0 N–H and O–H groups in total. The minimum atomic E-state index is 0.858. The summed E-state index contributed by atoms with van der Waals surface area (Å²) in [4.78, 5) is 2.45. The zero-order valence-corrected chi connectivity index (χ0v) is 33.9. The van der Waals surface area contributed by atoms with Crippen molar-refractivity contribution < 1.29 is 4.42 Å². The van der Waals surface area contributed by atoms with E-state index in [0.717, 1.165) is 66.8 Å². The van der Waals surface area contributed by atoms with Crippen LogP contribution in [-0.2, 0) is 0 Å². The predicted molar refractivity (Wildman–Crippen MR) is 263 cm³/mol. The molecule has 12 aromatic rings. The van der Waals surface area contributed by atoms with Crippen molar-refractivity contribution in [2.45, 2.75) is 0 Å². The minimum absolute atomic E-state index is 0.858. The molecule has 0 unspecified atom stereocenters. The summed E-state index contributed by atoms with van der Waals surface area (Å²) in [5.41, 5.74) is 14.1. The third-order valence-electron chi connectivity index (χ3n) is 12.4. The van der Waals surface area contributed by atoms with Crippen molar-refractivity contribution in [1.82, 2.24) is 0 Å². The Balaban J connectivity index is 1.14. The Kier molecular flexibility index (Phi) is 8.53. The largest absolute Gasteiger partial charge is 0.455 e. The third-order valence-corrected chi connectivity index (χ3v) is 12.4. The lowest BCUT2D eigenvalue weighted by Crippen LogP contribution is -2.12. The molecule has 1 heterocycles. The van der Waals surface area contributed by atoms with Gasteiger partial charge < -0.3 is 9.32 Å². The molecule has 0 bridgehead atoms. The molecule has 0 aliphatic carbocycles. The summed E-state index contributed by atoms with van der Waals surface area (Å²) in [6.45, 7) is 0. The van der Waals surface area contributed by atoms with Crippen LogP contribution < -0.4 is 4.90 Å². The van der Waals surface area contributed by atoms with Crippen molar-refractivity contribution in [3.05, 3.63) is 237 Å². The highest BCUT2D eigenvalue weighted by atomic mass is 16.3. The molecule has 0 aliphatic heterocycles. The molecule has 0 saturated heterocycles. The lowest BCUT2D eigenvalue weighted by Gasteiger charge is -2.29. The smallest absolute Gasteiger partial charge is 0.145 e. The molecule has 0 radical (unpaired) electrons. The molecule has 0 fully saturated rings. The van der Waals surface area contributed by atoms with Crippen LogP contribution in [0.2, 0.25) is 0 Å². The van der Waals surface area contributed by atoms with Gasteiger partial charge in [-0.15, -0.1) is 0 Å². The van der Waals surface area contributed by atoms with E-state index in [0.29, 0.717) is 0 Å². The molecule has 0 amide bonds. The quantitative estimate of drug-likeness (QED) is 0.150. The fourth-order valence-corrected chi connectivity index (χ4v) is 9.59. The highest BCUT2D eigenvalue weighted by Gasteiger charge is 2.25. The van der Waals surface area contributed by atoms with Gasteiger partial charge in [-0.3, -0.25) is 0 Å². The zero-order valence-electron chi connectivity index (χ0n) is 33.9. The van der Waals surface area contributed by atoms with Crippen LogP contribution >= 0.6 is 0 Å². The van der Waals surface area contributed by atoms with E-state index >= 15 is 0 Å². The van der Waals surface area contributed by atoms with Gasteiger partial charge in [0.2, 0.25) is 0 Å². The second-order valence-corrected chi connectivity index (χ2v) is 16.0. The van der Waals surface area contributed by atoms with E-state index in [9.17, 15) is 0 Å². The van der Waals surface area contributed by atoms with Crippen molar-refractivity contribution in [2.75, 3.05) is 4.90 Å². The molecule has 11 aromatic carbocycles. The van der Waals surface area contributed by atoms with Crippen LogP contribution in [-0.4, -0.2) is 0 Å². The SMILES string of the molecule is c1ccc(-c2cccc(-c3ccccc3N(c3cccc(-c4cc5ccccc5c5ccccc45)c3)c3ccc(-c4cccc5ccccc45)c4oc5ccccc5c34)c2)cc1. The molecule has 1 aromatic heterocycles. The average Bonchev–Trinajstić information content (AvgIpc) is 3.74. The number of furan rings is 1. The molecule has 0 aliphatic rings. The summed E-state index contributed by atoms with van der Waals surface area (Å²) in [6.07, 6.45) is 0. The number of hydrogen-bond donors (Lipinski definition) is 0. The Hall–Kier alpha value is -8.20. The van der Waals surface area contributed by atoms with E-state index in [1.165, 1.54) is 49.0 Å². The van der Waals surface area contributed by atoms with E-state index in [4.69, 9.17) is 4.42 Å². The predicted octanol–water partition coefficient (Wildman–Crippen LogP) is 17.2. The fourth-order valence-electron chi connectivity index (χ4n) is 9.59. The molecule has 0 saturated carbocycles. The van der Waals surface area contributed by atoms with Crippen molar-refractivity contribution in [3.63, 3.8) is 0 Å². The lowest BCUT2D eigenvalue weighted by molar-refractivity contribution is 0.670. The minimum Gasteiger partial charge on any atom is -0.455 e. The summed E-state index contributed by atoms with van der Waals surface area (Å²) in [6, 6.07) is 85.5. The first-order valence-electron chi connectivity index (χ1n) is 21.3. The van der Waals surface area contributed by atoms with Gasteiger partial charge in [0.15, 0.2) is 0 Å². The van der Waals surface area contributed by atoms with Crippen LogP contribution in [0.4, 0.5) is 17.1 Å². The number of benzene rings is 11. The van der Waals surface area contributed by atoms with Gasteiger partial charge in [-0.05, 0) is 114 Å². The Morgan fingerprint density at radius 1 is 0.290 bits per heavy atom. The van der Waals surface area contributed by atoms with Gasteiger partial charge in [0.1, 0.15) is 11.2 Å². The van der Waals surface area contributed by atoms with Gasteiger partial charge in [0.05, 0.1) is 16.8 Å². The van der Waals surface area contributed by atoms with E-state index in [2.05, 4.69) is 241 Å². The number of anilines is 3. The maximum atomic E-state index is 6.98. The second-order valence-electron chi connectivity index (χ2n) is 16.0. The Morgan fingerprint density at radius 3 is 1.76 bits per heavy atom. The first-order chi connectivity index (χ1) is 30.8. The molecule has 12 rings (SSSR count). The molecule has 290 valence electrons. The lowest BCUT2D eigenvalue weighted by atomic mass is 9.92. The van der Waals surface area contributed by atoms with Gasteiger partial charge in [0, 0.05) is 22.2 Å². The van der Waals surface area contributed by atoms with Gasteiger partial charge >= 0.3 is 0 Å². The van der Waals surface area contributed by atoms with Gasteiger partial charge in [-0.2, -0.15) is 0 Å². The Morgan fingerprint density at radius 2 is 0.887 bits per heavy atom. The van der Waals surface area contributed by atoms with E-state index in [1.807, 2.05) is 0 Å². The van der Waals surface area contributed by atoms with Gasteiger partial charge in [0.25, 0.3) is 0 Å². The number of hydrogen-bond acceptors (Lipinski definition) is 2. The average molecular weight is 790 g/mol. The van der Waals surface area contributed by atoms with Crippen LogP contribution in [0.5, 0.6) is 0 Å². The summed E-state index contributed by atoms with van der Waals surface area (Å²) in [7, 11) is 0. The fraction of sp³-hybridized carbons (Fsp3) is 0. The zero-order chi connectivity index (χ0) is 41.0. The number of nitrogens with zero attached hydrogens (tertiary/aromatic N) is 1. The molecule has 2 nitrogen and oxygen atoms in total. The van der Waals surface area contributed by atoms with E-state index in [1.54, 1.807) is 0 Å². The monoisotopic (exact) mass is 789 g/mol. The first-order valence-corrected chi connectivity index (χ1v) is 21.3. The molecule has 0 atom stereocenters. The Labute approximate surface area is 360 Å². The maximum absolute atomic E-state index is 6.98.